The van der Waals surface area contributed by atoms with Crippen molar-refractivity contribution in [2.75, 3.05) is 5.73 Å². The van der Waals surface area contributed by atoms with E-state index in [2.05, 4.69) is 22.2 Å². The van der Waals surface area contributed by atoms with Crippen LogP contribution in [0, 0.1) is 6.92 Å². The third-order valence-electron chi connectivity index (χ3n) is 2.09. The van der Waals surface area contributed by atoms with Crippen LogP contribution in [0.1, 0.15) is 22.5 Å². The van der Waals surface area contributed by atoms with Crippen LogP contribution in [0.5, 0.6) is 0 Å². The Hall–Kier alpha value is -1.43. The maximum absolute atomic E-state index is 5.66. The molecule has 0 aliphatic rings. The Labute approximate surface area is 91.9 Å². The Balaban J connectivity index is 2.14. The minimum Gasteiger partial charge on any atom is -0.382 e. The highest BCUT2D eigenvalue weighted by atomic mass is 32.1. The normalized spacial score (nSPS) is 10.8. The van der Waals surface area contributed by atoms with Gasteiger partial charge in [-0.05, 0) is 13.3 Å². The minimum absolute atomic E-state index is 0.579. The van der Waals surface area contributed by atoms with Crippen molar-refractivity contribution in [1.82, 2.24) is 20.0 Å². The van der Waals surface area contributed by atoms with Crippen molar-refractivity contribution in [3.05, 3.63) is 21.8 Å². The maximum atomic E-state index is 5.66. The van der Waals surface area contributed by atoms with Crippen LogP contribution in [0.25, 0.3) is 0 Å². The van der Waals surface area contributed by atoms with Crippen molar-refractivity contribution >= 4 is 17.2 Å². The molecule has 0 aromatic carbocycles. The highest BCUT2D eigenvalue weighted by Gasteiger charge is 2.05. The molecule has 2 aromatic heterocycles. The van der Waals surface area contributed by atoms with E-state index in [9.17, 15) is 0 Å². The topological polar surface area (TPSA) is 69.6 Å². The lowest BCUT2D eigenvalue weighted by Gasteiger charge is -1.94. The third kappa shape index (κ3) is 2.15. The summed E-state index contributed by atoms with van der Waals surface area (Å²) >= 11 is 1.62. The van der Waals surface area contributed by atoms with E-state index >= 15 is 0 Å². The molecule has 0 aliphatic carbocycles. The Morgan fingerprint density at radius 2 is 2.13 bits per heavy atom. The zero-order chi connectivity index (χ0) is 10.8. The van der Waals surface area contributed by atoms with Crippen molar-refractivity contribution in [2.45, 2.75) is 26.8 Å². The highest BCUT2D eigenvalue weighted by Crippen LogP contribution is 2.13. The third-order valence-corrected chi connectivity index (χ3v) is 3.14. The SMILES string of the molecule is CCc1nnc(Cn2cc(C)c(N)n2)s1. The van der Waals surface area contributed by atoms with Gasteiger partial charge in [0, 0.05) is 11.8 Å². The van der Waals surface area contributed by atoms with Crippen LogP contribution < -0.4 is 5.73 Å². The molecule has 15 heavy (non-hydrogen) atoms. The van der Waals surface area contributed by atoms with Crippen LogP contribution in [0.4, 0.5) is 5.82 Å². The molecule has 0 atom stereocenters. The van der Waals surface area contributed by atoms with Gasteiger partial charge in [0.05, 0.1) is 6.54 Å². The van der Waals surface area contributed by atoms with Gasteiger partial charge in [0.15, 0.2) is 0 Å². The number of aryl methyl sites for hydroxylation is 2. The average Bonchev–Trinajstić information content (AvgIpc) is 2.76. The first-order valence-corrected chi connectivity index (χ1v) is 5.61. The van der Waals surface area contributed by atoms with Crippen molar-refractivity contribution in [3.8, 4) is 0 Å². The molecule has 2 rings (SSSR count). The van der Waals surface area contributed by atoms with Gasteiger partial charge >= 0.3 is 0 Å². The molecule has 80 valence electrons. The molecule has 2 N–H and O–H groups in total. The summed E-state index contributed by atoms with van der Waals surface area (Å²) < 4.78 is 1.80. The molecule has 0 saturated heterocycles. The standard InChI is InChI=1S/C9H13N5S/c1-3-7-11-12-8(15-7)5-14-4-6(2)9(10)13-14/h4H,3,5H2,1-2H3,(H2,10,13). The van der Waals surface area contributed by atoms with Crippen LogP contribution in [-0.2, 0) is 13.0 Å². The van der Waals surface area contributed by atoms with Crippen LogP contribution in [0.2, 0.25) is 0 Å². The molecular formula is C9H13N5S. The fourth-order valence-electron chi connectivity index (χ4n) is 1.25. The molecule has 2 aromatic rings. The summed E-state index contributed by atoms with van der Waals surface area (Å²) in [6.07, 6.45) is 2.85. The second-order valence-electron chi connectivity index (χ2n) is 3.34. The summed E-state index contributed by atoms with van der Waals surface area (Å²) in [5.74, 6) is 0.579. The lowest BCUT2D eigenvalue weighted by atomic mass is 10.4. The first-order valence-electron chi connectivity index (χ1n) is 4.80. The molecule has 0 amide bonds. The molecule has 0 fully saturated rings. The van der Waals surface area contributed by atoms with E-state index in [1.807, 2.05) is 13.1 Å². The highest BCUT2D eigenvalue weighted by molar-refractivity contribution is 7.11. The fourth-order valence-corrected chi connectivity index (χ4v) is 2.03. The Morgan fingerprint density at radius 3 is 2.67 bits per heavy atom. The zero-order valence-corrected chi connectivity index (χ0v) is 9.58. The summed E-state index contributed by atoms with van der Waals surface area (Å²) in [4.78, 5) is 0. The Bertz CT molecular complexity index is 439. The second kappa shape index (κ2) is 3.98. The molecule has 0 unspecified atom stereocenters. The van der Waals surface area contributed by atoms with E-state index in [4.69, 9.17) is 5.73 Å². The lowest BCUT2D eigenvalue weighted by molar-refractivity contribution is 0.679. The van der Waals surface area contributed by atoms with E-state index in [-0.39, 0.29) is 0 Å². The van der Waals surface area contributed by atoms with E-state index in [0.29, 0.717) is 12.4 Å². The van der Waals surface area contributed by atoms with Crippen molar-refractivity contribution < 1.29 is 0 Å². The van der Waals surface area contributed by atoms with Crippen molar-refractivity contribution in [1.29, 1.82) is 0 Å². The number of hydrogen-bond donors (Lipinski definition) is 1. The van der Waals surface area contributed by atoms with Gasteiger partial charge in [0.1, 0.15) is 15.8 Å². The van der Waals surface area contributed by atoms with Gasteiger partial charge < -0.3 is 5.73 Å². The summed E-state index contributed by atoms with van der Waals surface area (Å²) in [5, 5.41) is 14.3. The van der Waals surface area contributed by atoms with Crippen molar-refractivity contribution in [3.63, 3.8) is 0 Å². The summed E-state index contributed by atoms with van der Waals surface area (Å²) in [6, 6.07) is 0. The van der Waals surface area contributed by atoms with Gasteiger partial charge in [-0.15, -0.1) is 10.2 Å². The lowest BCUT2D eigenvalue weighted by Crippen LogP contribution is -2.00. The number of anilines is 1. The van der Waals surface area contributed by atoms with Gasteiger partial charge in [0.25, 0.3) is 0 Å². The predicted octanol–water partition coefficient (Wildman–Crippen LogP) is 1.24. The smallest absolute Gasteiger partial charge is 0.148 e. The quantitative estimate of drug-likeness (QED) is 0.849. The van der Waals surface area contributed by atoms with E-state index in [0.717, 1.165) is 22.0 Å². The first kappa shape index (κ1) is 10.1. The van der Waals surface area contributed by atoms with Crippen LogP contribution in [0.3, 0.4) is 0 Å². The largest absolute Gasteiger partial charge is 0.382 e. The number of hydrogen-bond acceptors (Lipinski definition) is 5. The molecular weight excluding hydrogens is 210 g/mol. The number of nitrogens with zero attached hydrogens (tertiary/aromatic N) is 4. The molecule has 0 bridgehead atoms. The molecule has 2 heterocycles. The predicted molar refractivity (Wildman–Crippen MR) is 59.8 cm³/mol. The zero-order valence-electron chi connectivity index (χ0n) is 8.77. The van der Waals surface area contributed by atoms with E-state index in [1.165, 1.54) is 0 Å². The molecule has 0 spiro atoms. The second-order valence-corrected chi connectivity index (χ2v) is 4.48. The van der Waals surface area contributed by atoms with Crippen LogP contribution in [-0.4, -0.2) is 20.0 Å². The maximum Gasteiger partial charge on any atom is 0.148 e. The number of nitrogen functional groups attached to an aromatic ring is 1. The number of aromatic nitrogens is 4. The van der Waals surface area contributed by atoms with E-state index in [1.54, 1.807) is 16.0 Å². The average molecular weight is 223 g/mol. The van der Waals surface area contributed by atoms with Gasteiger partial charge in [-0.25, -0.2) is 0 Å². The molecule has 0 aliphatic heterocycles. The first-order chi connectivity index (χ1) is 7.19. The van der Waals surface area contributed by atoms with Gasteiger partial charge in [0.2, 0.25) is 0 Å². The van der Waals surface area contributed by atoms with Crippen LogP contribution >= 0.6 is 11.3 Å². The van der Waals surface area contributed by atoms with Gasteiger partial charge in [-0.3, -0.25) is 4.68 Å². The van der Waals surface area contributed by atoms with Crippen LogP contribution in [0.15, 0.2) is 6.20 Å². The van der Waals surface area contributed by atoms with E-state index < -0.39 is 0 Å². The van der Waals surface area contributed by atoms with Gasteiger partial charge in [-0.2, -0.15) is 5.10 Å². The summed E-state index contributed by atoms with van der Waals surface area (Å²) in [5.41, 5.74) is 6.66. The number of nitrogens with two attached hydrogens (primary N) is 1. The van der Waals surface area contributed by atoms with Crippen molar-refractivity contribution in [2.24, 2.45) is 0 Å². The minimum atomic E-state index is 0.579. The summed E-state index contributed by atoms with van der Waals surface area (Å²) in [6.45, 7) is 4.66. The molecule has 5 nitrogen and oxygen atoms in total. The molecule has 6 heteroatoms. The number of rotatable bonds is 3. The monoisotopic (exact) mass is 223 g/mol. The Kier molecular flexibility index (Phi) is 2.68. The fraction of sp³-hybridized carbons (Fsp3) is 0.444. The molecule has 0 saturated carbocycles. The summed E-state index contributed by atoms with van der Waals surface area (Å²) in [7, 11) is 0. The van der Waals surface area contributed by atoms with Gasteiger partial charge in [-0.1, -0.05) is 18.3 Å². The molecule has 0 radical (unpaired) electrons. The Morgan fingerprint density at radius 1 is 1.40 bits per heavy atom.